The van der Waals surface area contributed by atoms with Crippen molar-refractivity contribution in [1.82, 2.24) is 0 Å². The predicted molar refractivity (Wildman–Crippen MR) is 215 cm³/mol. The topological polar surface area (TPSA) is 114 Å². The number of Topliss-reactive ketones (excluding diaryl/α,β-unsaturated/α-hetero) is 1. The average Bonchev–Trinajstić information content (AvgIpc) is 3.51. The summed E-state index contributed by atoms with van der Waals surface area (Å²) in [6.45, 7) is 9.36. The summed E-state index contributed by atoms with van der Waals surface area (Å²) < 4.78 is 79.5. The molecule has 4 aromatic carbocycles. The minimum Gasteiger partial charge on any atom is -0.406 e. The standard InChI is InChI=1S/C16H12F3NO3.C9H7NO2.C7H4BrF3O.C4H9.5CH4.Li/c1-9-3-2-4-12-13(9)20-14(21)15(12,22)10-5-7-11(8-6-10)23-16(17,18)19;1-5-3-2-4-6-7(5)10-9(12)8(6)11;8-5-1-3-6(4-2-5)12-7(9,10)11;1-3-4-2;;;;;;/h2-8,22H,1H3,(H,20,21);2-4H,1H3,(H,10,11,12);1-4H;1,3-4H2,2H3;5*1H4;/q;;;-1;;;;;;+1. The van der Waals surface area contributed by atoms with E-state index >= 15 is 0 Å². The zero-order valence-corrected chi connectivity index (χ0v) is 29.9. The van der Waals surface area contributed by atoms with Crippen LogP contribution in [0.3, 0.4) is 0 Å². The van der Waals surface area contributed by atoms with Gasteiger partial charge in [0.05, 0.1) is 16.9 Å². The van der Waals surface area contributed by atoms with Gasteiger partial charge in [0.1, 0.15) is 11.5 Å². The molecule has 0 saturated heterocycles. The van der Waals surface area contributed by atoms with Gasteiger partial charge in [0.25, 0.3) is 17.6 Å². The van der Waals surface area contributed by atoms with Crippen LogP contribution in [0.4, 0.5) is 37.7 Å². The van der Waals surface area contributed by atoms with E-state index in [9.17, 15) is 45.8 Å². The van der Waals surface area contributed by atoms with Gasteiger partial charge in [-0.25, -0.2) is 0 Å². The third-order valence-corrected chi connectivity index (χ3v) is 7.63. The number of hydrogen-bond donors (Lipinski definition) is 3. The number of carbonyl (C=O) groups excluding carboxylic acids is 3. The van der Waals surface area contributed by atoms with Crippen molar-refractivity contribution in [3.8, 4) is 11.5 Å². The first-order valence-corrected chi connectivity index (χ1v) is 15.9. The van der Waals surface area contributed by atoms with Crippen LogP contribution in [0.1, 0.15) is 89.5 Å². The van der Waals surface area contributed by atoms with Gasteiger partial charge in [-0.2, -0.15) is 6.42 Å². The summed E-state index contributed by atoms with van der Waals surface area (Å²) in [7, 11) is 0. The number of hydrogen-bond acceptors (Lipinski definition) is 6. The fourth-order valence-electron chi connectivity index (χ4n) is 4.60. The number of aliphatic hydroxyl groups is 1. The molecule has 8 nitrogen and oxygen atoms in total. The Bertz CT molecular complexity index is 1860. The van der Waals surface area contributed by atoms with E-state index in [1.165, 1.54) is 42.8 Å². The molecule has 57 heavy (non-hydrogen) atoms. The van der Waals surface area contributed by atoms with Crippen LogP contribution in [-0.4, -0.2) is 35.4 Å². The van der Waals surface area contributed by atoms with Gasteiger partial charge in [-0.05, 0) is 73.0 Å². The van der Waals surface area contributed by atoms with E-state index in [0.717, 1.165) is 29.7 Å². The number of fused-ring (bicyclic) bond motifs is 2. The van der Waals surface area contributed by atoms with E-state index in [0.29, 0.717) is 27.0 Å². The number of alkyl halides is 6. The molecule has 0 spiro atoms. The van der Waals surface area contributed by atoms with Crippen molar-refractivity contribution in [3.05, 3.63) is 124 Å². The summed E-state index contributed by atoms with van der Waals surface area (Å²) in [6.07, 6.45) is -7.14. The summed E-state index contributed by atoms with van der Waals surface area (Å²) in [4.78, 5) is 34.3. The first-order chi connectivity index (χ1) is 23.8. The summed E-state index contributed by atoms with van der Waals surface area (Å²) in [5, 5.41) is 16.0. The fourth-order valence-corrected chi connectivity index (χ4v) is 4.86. The molecular formula is C41H52BrF6LiN2O6. The number of para-hydroxylation sites is 2. The Kier molecular flexibility index (Phi) is 26.2. The molecule has 1 unspecified atom stereocenters. The fraction of sp³-hybridized carbons (Fsp3) is 0.317. The number of unbranched alkanes of at least 4 members (excludes halogenated alkanes) is 1. The molecule has 0 aliphatic carbocycles. The summed E-state index contributed by atoms with van der Waals surface area (Å²) >= 11 is 3.09. The van der Waals surface area contributed by atoms with Gasteiger partial charge in [0, 0.05) is 10.0 Å². The number of amides is 2. The maximum absolute atomic E-state index is 12.2. The Morgan fingerprint density at radius 1 is 0.702 bits per heavy atom. The zero-order valence-electron chi connectivity index (χ0n) is 28.3. The Morgan fingerprint density at radius 2 is 1.12 bits per heavy atom. The second-order valence-electron chi connectivity index (χ2n) is 10.9. The Balaban J connectivity index is -0.000000357. The number of halogens is 7. The van der Waals surface area contributed by atoms with Crippen LogP contribution >= 0.6 is 15.9 Å². The van der Waals surface area contributed by atoms with Gasteiger partial charge < -0.3 is 32.1 Å². The SMILES string of the molecule is C.C.C.C.C.Cc1cccc2c1NC(=O)C2(O)c1ccc(OC(F)(F)F)cc1.Cc1cccc2c1NC(=O)C2=O.FC(F)(F)Oc1ccc(Br)cc1.[CH2-]CCC.[Li+]. The molecule has 2 heterocycles. The molecule has 2 aliphatic heterocycles. The number of ether oxygens (including phenoxy) is 2. The van der Waals surface area contributed by atoms with Crippen LogP contribution < -0.4 is 39.0 Å². The van der Waals surface area contributed by atoms with E-state index < -0.39 is 41.7 Å². The van der Waals surface area contributed by atoms with Gasteiger partial charge in [0.2, 0.25) is 0 Å². The van der Waals surface area contributed by atoms with Crippen molar-refractivity contribution < 1.29 is 74.2 Å². The quantitative estimate of drug-likeness (QED) is 0.0816. The number of anilines is 2. The van der Waals surface area contributed by atoms with E-state index in [1.807, 2.05) is 13.0 Å². The predicted octanol–water partition coefficient (Wildman–Crippen LogP) is 9.36. The molecule has 16 heteroatoms. The second kappa shape index (κ2) is 25.2. The summed E-state index contributed by atoms with van der Waals surface area (Å²) in [5.41, 5.74) is 1.94. The Hall–Kier alpha value is -4.29. The first-order valence-electron chi connectivity index (χ1n) is 15.1. The Labute approximate surface area is 353 Å². The third kappa shape index (κ3) is 16.2. The van der Waals surface area contributed by atoms with E-state index in [-0.39, 0.29) is 67.3 Å². The van der Waals surface area contributed by atoms with Crippen LogP contribution in [-0.2, 0) is 15.2 Å². The van der Waals surface area contributed by atoms with Crippen LogP contribution in [0.25, 0.3) is 0 Å². The molecule has 1 atom stereocenters. The largest absolute Gasteiger partial charge is 1.00 e. The smallest absolute Gasteiger partial charge is 0.406 e. The maximum atomic E-state index is 12.2. The van der Waals surface area contributed by atoms with E-state index in [1.54, 1.807) is 37.3 Å². The van der Waals surface area contributed by atoms with Crippen LogP contribution in [0.15, 0.2) is 89.4 Å². The van der Waals surface area contributed by atoms with E-state index in [4.69, 9.17) is 0 Å². The number of ketones is 1. The molecule has 0 radical (unpaired) electrons. The summed E-state index contributed by atoms with van der Waals surface area (Å²) in [5.74, 6) is -2.25. The van der Waals surface area contributed by atoms with Crippen molar-refractivity contribution in [3.63, 3.8) is 0 Å². The molecule has 3 N–H and O–H groups in total. The molecular weight excluding hydrogens is 817 g/mol. The molecule has 0 bridgehead atoms. The first kappa shape index (κ1) is 59.4. The molecule has 312 valence electrons. The number of carbonyl (C=O) groups is 3. The van der Waals surface area contributed by atoms with Crippen molar-refractivity contribution in [2.45, 2.75) is 89.1 Å². The van der Waals surface area contributed by atoms with Crippen molar-refractivity contribution in [2.24, 2.45) is 0 Å². The molecule has 6 rings (SSSR count). The molecule has 0 saturated carbocycles. The minimum atomic E-state index is -4.80. The summed E-state index contributed by atoms with van der Waals surface area (Å²) in [6, 6.07) is 20.4. The van der Waals surface area contributed by atoms with Gasteiger partial charge in [-0.15, -0.1) is 26.3 Å². The van der Waals surface area contributed by atoms with Crippen molar-refractivity contribution in [1.29, 1.82) is 0 Å². The van der Waals surface area contributed by atoms with Crippen molar-refractivity contribution in [2.75, 3.05) is 10.6 Å². The van der Waals surface area contributed by atoms with Crippen LogP contribution in [0.5, 0.6) is 11.5 Å². The molecule has 2 aliphatic rings. The molecule has 0 aromatic heterocycles. The monoisotopic (exact) mass is 868 g/mol. The van der Waals surface area contributed by atoms with E-state index in [2.05, 4.69) is 49.9 Å². The third-order valence-electron chi connectivity index (χ3n) is 7.10. The molecule has 4 aromatic rings. The average molecular weight is 870 g/mol. The number of benzene rings is 4. The maximum Gasteiger partial charge on any atom is 1.00 e. The number of rotatable bonds is 4. The number of aryl methyl sites for hydroxylation is 2. The molecule has 2 amide bonds. The van der Waals surface area contributed by atoms with Gasteiger partial charge in [-0.1, -0.05) is 109 Å². The Morgan fingerprint density at radius 3 is 1.54 bits per heavy atom. The second-order valence-corrected chi connectivity index (χ2v) is 11.8. The van der Waals surface area contributed by atoms with Crippen LogP contribution in [0.2, 0.25) is 0 Å². The van der Waals surface area contributed by atoms with Gasteiger partial charge >= 0.3 is 31.6 Å². The molecule has 0 fully saturated rings. The van der Waals surface area contributed by atoms with Crippen LogP contribution in [0, 0.1) is 20.8 Å². The normalized spacial score (nSPS) is 14.1. The van der Waals surface area contributed by atoms with Gasteiger partial charge in [0.15, 0.2) is 5.60 Å². The van der Waals surface area contributed by atoms with Crippen molar-refractivity contribution >= 4 is 44.9 Å². The zero-order chi connectivity index (χ0) is 38.1. The minimum absolute atomic E-state index is 0. The number of nitrogens with one attached hydrogen (secondary N) is 2. The van der Waals surface area contributed by atoms with Gasteiger partial charge in [-0.3, -0.25) is 14.4 Å².